The third kappa shape index (κ3) is 3.07. The van der Waals surface area contributed by atoms with E-state index in [2.05, 4.69) is 14.9 Å². The summed E-state index contributed by atoms with van der Waals surface area (Å²) in [7, 11) is -3.67. The van der Waals surface area contributed by atoms with E-state index >= 15 is 0 Å². The Hall–Kier alpha value is -1.99. The normalized spacial score (nSPS) is 11.3. The summed E-state index contributed by atoms with van der Waals surface area (Å²) >= 11 is 0. The Morgan fingerprint density at radius 3 is 2.74 bits per heavy atom. The van der Waals surface area contributed by atoms with Crippen molar-refractivity contribution in [2.75, 3.05) is 4.72 Å². The van der Waals surface area contributed by atoms with Gasteiger partial charge in [0.2, 0.25) is 0 Å². The second-order valence-electron chi connectivity index (χ2n) is 4.01. The van der Waals surface area contributed by atoms with Gasteiger partial charge in [0.15, 0.2) is 5.82 Å². The number of nitrogens with zero attached hydrogens (tertiary/aromatic N) is 2. The van der Waals surface area contributed by atoms with Crippen LogP contribution in [-0.4, -0.2) is 18.6 Å². The molecule has 0 radical (unpaired) electrons. The van der Waals surface area contributed by atoms with Gasteiger partial charge in [-0.25, -0.2) is 8.42 Å². The number of aryl methyl sites for hydroxylation is 1. The SMILES string of the molecule is Cc1ccc(S(=O)(=O)Nc2cccnn2)cc1CN. The van der Waals surface area contributed by atoms with Crippen LogP contribution in [0.2, 0.25) is 0 Å². The number of nitrogens with two attached hydrogens (primary N) is 1. The third-order valence-corrected chi connectivity index (χ3v) is 4.01. The van der Waals surface area contributed by atoms with Crippen LogP contribution in [0.1, 0.15) is 11.1 Å². The van der Waals surface area contributed by atoms with Crippen LogP contribution in [0.5, 0.6) is 0 Å². The molecule has 100 valence electrons. The zero-order valence-corrected chi connectivity index (χ0v) is 11.2. The van der Waals surface area contributed by atoms with Gasteiger partial charge in [-0.2, -0.15) is 5.10 Å². The molecule has 19 heavy (non-hydrogen) atoms. The molecule has 0 aliphatic rings. The number of rotatable bonds is 4. The van der Waals surface area contributed by atoms with Crippen LogP contribution >= 0.6 is 0 Å². The number of hydrogen-bond donors (Lipinski definition) is 2. The van der Waals surface area contributed by atoms with Gasteiger partial charge in [-0.1, -0.05) is 6.07 Å². The molecule has 1 heterocycles. The second-order valence-corrected chi connectivity index (χ2v) is 5.69. The molecule has 0 saturated carbocycles. The minimum absolute atomic E-state index is 0.157. The molecule has 1 aromatic heterocycles. The smallest absolute Gasteiger partial charge is 0.263 e. The van der Waals surface area contributed by atoms with E-state index in [4.69, 9.17) is 5.73 Å². The third-order valence-electron chi connectivity index (χ3n) is 2.66. The van der Waals surface area contributed by atoms with Crippen LogP contribution in [0.25, 0.3) is 0 Å². The molecule has 1 aromatic carbocycles. The minimum Gasteiger partial charge on any atom is -0.326 e. The van der Waals surface area contributed by atoms with Crippen molar-refractivity contribution in [3.8, 4) is 0 Å². The Bertz CT molecular complexity index is 671. The van der Waals surface area contributed by atoms with E-state index in [1.807, 2.05) is 6.92 Å². The molecule has 0 unspecified atom stereocenters. The highest BCUT2D eigenvalue weighted by atomic mass is 32.2. The Labute approximate surface area is 111 Å². The van der Waals surface area contributed by atoms with Crippen molar-refractivity contribution in [1.29, 1.82) is 0 Å². The fourth-order valence-electron chi connectivity index (χ4n) is 1.59. The first kappa shape index (κ1) is 13.4. The van der Waals surface area contributed by atoms with E-state index in [1.165, 1.54) is 18.3 Å². The topological polar surface area (TPSA) is 98.0 Å². The predicted octanol–water partition coefficient (Wildman–Crippen LogP) is 1.04. The lowest BCUT2D eigenvalue weighted by atomic mass is 10.1. The van der Waals surface area contributed by atoms with Crippen molar-refractivity contribution in [2.45, 2.75) is 18.4 Å². The molecule has 0 saturated heterocycles. The van der Waals surface area contributed by atoms with Crippen LogP contribution in [0.4, 0.5) is 5.82 Å². The summed E-state index contributed by atoms with van der Waals surface area (Å²) in [4.78, 5) is 0.157. The van der Waals surface area contributed by atoms with Crippen molar-refractivity contribution >= 4 is 15.8 Å². The second kappa shape index (κ2) is 5.33. The maximum Gasteiger partial charge on any atom is 0.263 e. The van der Waals surface area contributed by atoms with Crippen molar-refractivity contribution in [3.05, 3.63) is 47.7 Å². The van der Waals surface area contributed by atoms with Crippen molar-refractivity contribution < 1.29 is 8.42 Å². The van der Waals surface area contributed by atoms with Gasteiger partial charge < -0.3 is 5.73 Å². The molecule has 0 bridgehead atoms. The van der Waals surface area contributed by atoms with Gasteiger partial charge in [-0.3, -0.25) is 4.72 Å². The summed E-state index contributed by atoms with van der Waals surface area (Å²) in [6.07, 6.45) is 1.47. The Kier molecular flexibility index (Phi) is 3.77. The Morgan fingerprint density at radius 2 is 2.11 bits per heavy atom. The van der Waals surface area contributed by atoms with E-state index in [-0.39, 0.29) is 10.7 Å². The van der Waals surface area contributed by atoms with Gasteiger partial charge in [0.25, 0.3) is 10.0 Å². The van der Waals surface area contributed by atoms with E-state index in [1.54, 1.807) is 18.2 Å². The summed E-state index contributed by atoms with van der Waals surface area (Å²) in [5.41, 5.74) is 7.33. The molecule has 0 aliphatic carbocycles. The highest BCUT2D eigenvalue weighted by molar-refractivity contribution is 7.92. The molecule has 0 fully saturated rings. The summed E-state index contributed by atoms with van der Waals surface area (Å²) in [5.74, 6) is 0.178. The Morgan fingerprint density at radius 1 is 1.32 bits per heavy atom. The van der Waals surface area contributed by atoms with Crippen molar-refractivity contribution in [3.63, 3.8) is 0 Å². The molecule has 2 aromatic rings. The molecular weight excluding hydrogens is 264 g/mol. The molecule has 3 N–H and O–H groups in total. The zero-order chi connectivity index (χ0) is 13.9. The average Bonchev–Trinajstić information content (AvgIpc) is 2.39. The van der Waals surface area contributed by atoms with E-state index in [9.17, 15) is 8.42 Å². The fourth-order valence-corrected chi connectivity index (χ4v) is 2.63. The van der Waals surface area contributed by atoms with Gasteiger partial charge in [0.1, 0.15) is 0 Å². The van der Waals surface area contributed by atoms with Crippen LogP contribution in [0.15, 0.2) is 41.4 Å². The number of benzene rings is 1. The molecule has 0 aliphatic heterocycles. The first-order valence-corrected chi connectivity index (χ1v) is 7.11. The lowest BCUT2D eigenvalue weighted by Crippen LogP contribution is -2.15. The van der Waals surface area contributed by atoms with Crippen LogP contribution in [-0.2, 0) is 16.6 Å². The summed E-state index contributed by atoms with van der Waals surface area (Å²) in [6.45, 7) is 2.18. The van der Waals surface area contributed by atoms with Crippen molar-refractivity contribution in [1.82, 2.24) is 10.2 Å². The fraction of sp³-hybridized carbons (Fsp3) is 0.167. The lowest BCUT2D eigenvalue weighted by Gasteiger charge is -2.09. The van der Waals surface area contributed by atoms with Crippen molar-refractivity contribution in [2.24, 2.45) is 5.73 Å². The molecule has 6 nitrogen and oxygen atoms in total. The van der Waals surface area contributed by atoms with E-state index in [0.29, 0.717) is 6.54 Å². The first-order valence-electron chi connectivity index (χ1n) is 5.63. The van der Waals surface area contributed by atoms with Gasteiger partial charge in [0.05, 0.1) is 4.90 Å². The molecule has 0 spiro atoms. The highest BCUT2D eigenvalue weighted by Crippen LogP contribution is 2.17. The first-order chi connectivity index (χ1) is 9.03. The monoisotopic (exact) mass is 278 g/mol. The standard InChI is InChI=1S/C12H14N4O2S/c1-9-4-5-11(7-10(9)8-13)19(17,18)16-12-3-2-6-14-15-12/h2-7H,8,13H2,1H3,(H,15,16). The van der Waals surface area contributed by atoms with Gasteiger partial charge in [-0.15, -0.1) is 5.10 Å². The maximum atomic E-state index is 12.2. The molecule has 0 atom stereocenters. The molecular formula is C12H14N4O2S. The largest absolute Gasteiger partial charge is 0.326 e. The quantitative estimate of drug-likeness (QED) is 0.871. The van der Waals surface area contributed by atoms with Gasteiger partial charge in [-0.05, 0) is 42.3 Å². The Balaban J connectivity index is 2.35. The van der Waals surface area contributed by atoms with E-state index < -0.39 is 10.0 Å². The number of hydrogen-bond acceptors (Lipinski definition) is 5. The number of sulfonamides is 1. The maximum absolute atomic E-state index is 12.2. The zero-order valence-electron chi connectivity index (χ0n) is 10.4. The lowest BCUT2D eigenvalue weighted by molar-refractivity contribution is 0.600. The summed E-state index contributed by atoms with van der Waals surface area (Å²) < 4.78 is 26.7. The van der Waals surface area contributed by atoms with Crippen LogP contribution < -0.4 is 10.5 Å². The number of nitrogens with one attached hydrogen (secondary N) is 1. The van der Waals surface area contributed by atoms with Crippen LogP contribution in [0, 0.1) is 6.92 Å². The number of aromatic nitrogens is 2. The van der Waals surface area contributed by atoms with E-state index in [0.717, 1.165) is 11.1 Å². The van der Waals surface area contributed by atoms with Gasteiger partial charge >= 0.3 is 0 Å². The minimum atomic E-state index is -3.67. The predicted molar refractivity (Wildman–Crippen MR) is 71.9 cm³/mol. The van der Waals surface area contributed by atoms with Crippen LogP contribution in [0.3, 0.4) is 0 Å². The van der Waals surface area contributed by atoms with Gasteiger partial charge in [0, 0.05) is 12.7 Å². The summed E-state index contributed by atoms with van der Waals surface area (Å²) in [6, 6.07) is 7.96. The molecule has 7 heteroatoms. The number of anilines is 1. The average molecular weight is 278 g/mol. The molecule has 2 rings (SSSR count). The summed E-state index contributed by atoms with van der Waals surface area (Å²) in [5, 5.41) is 7.30. The molecule has 0 amide bonds. The highest BCUT2D eigenvalue weighted by Gasteiger charge is 2.15.